The Labute approximate surface area is 32.9 Å². The molecule has 0 spiro atoms. The van der Waals surface area contributed by atoms with Gasteiger partial charge < -0.3 is 5.11 Å². The Balaban J connectivity index is 0. The van der Waals surface area contributed by atoms with Crippen LogP contribution in [0.15, 0.2) is 12.3 Å². The summed E-state index contributed by atoms with van der Waals surface area (Å²) in [6, 6.07) is 0. The summed E-state index contributed by atoms with van der Waals surface area (Å²) in [5.41, 5.74) is 0. The van der Waals surface area contributed by atoms with E-state index in [9.17, 15) is 0 Å². The molecule has 0 saturated carbocycles. The van der Waals surface area contributed by atoms with Crippen LogP contribution in [0, 0.1) is 0 Å². The maximum atomic E-state index is 7.69. The Kier molecular flexibility index (Phi) is 17.0. The molecule has 0 unspecified atom stereocenters. The minimum Gasteiger partial charge on any atom is -0.516 e. The van der Waals surface area contributed by atoms with Crippen LogP contribution >= 0.6 is 0 Å². The van der Waals surface area contributed by atoms with Crippen molar-refractivity contribution in [2.75, 3.05) is 0 Å². The van der Waals surface area contributed by atoms with Crippen molar-refractivity contribution in [2.24, 2.45) is 0 Å². The fourth-order valence-corrected chi connectivity index (χ4v) is 0. The van der Waals surface area contributed by atoms with Gasteiger partial charge in [-0.15, -0.1) is 0 Å². The molecular formula is C4H10O. The Morgan fingerprint density at radius 1 is 1.60 bits per heavy atom. The summed E-state index contributed by atoms with van der Waals surface area (Å²) >= 11 is 0. The molecule has 0 aromatic carbocycles. The maximum Gasteiger partial charge on any atom is 0.0748 e. The van der Waals surface area contributed by atoms with Gasteiger partial charge >= 0.3 is 0 Å². The predicted octanol–water partition coefficient (Wildman–Crippen LogP) is 1.71. The van der Waals surface area contributed by atoms with Gasteiger partial charge in [-0.2, -0.15) is 0 Å². The highest BCUT2D eigenvalue weighted by Crippen LogP contribution is 1.51. The second kappa shape index (κ2) is 9.63. The number of aliphatic hydroxyl groups is 1. The number of hydrogen-bond donors (Lipinski definition) is 1. The van der Waals surface area contributed by atoms with Crippen LogP contribution in [-0.2, 0) is 0 Å². The Morgan fingerprint density at radius 3 is 1.80 bits per heavy atom. The van der Waals surface area contributed by atoms with Gasteiger partial charge in [0.25, 0.3) is 0 Å². The predicted molar refractivity (Wildman–Crippen MR) is 24.2 cm³/mol. The van der Waals surface area contributed by atoms with E-state index in [0.29, 0.717) is 0 Å². The van der Waals surface area contributed by atoms with Crippen LogP contribution in [0.2, 0.25) is 0 Å². The normalized spacial score (nSPS) is 7.40. The molecule has 0 saturated heterocycles. The molecule has 0 heterocycles. The van der Waals surface area contributed by atoms with Gasteiger partial charge in [0.05, 0.1) is 6.26 Å². The molecule has 0 bridgehead atoms. The largest absolute Gasteiger partial charge is 0.516 e. The van der Waals surface area contributed by atoms with E-state index in [0.717, 1.165) is 6.26 Å². The zero-order valence-electron chi connectivity index (χ0n) is 2.60. The standard InChI is InChI=1S/C3H6O.CH4/c1-2-3-4;/h2-4H,1H3;1H4. The lowest BCUT2D eigenvalue weighted by molar-refractivity contribution is 0.472. The Morgan fingerprint density at radius 2 is 1.80 bits per heavy atom. The van der Waals surface area contributed by atoms with Crippen LogP contribution in [-0.4, -0.2) is 5.11 Å². The summed E-state index contributed by atoms with van der Waals surface area (Å²) < 4.78 is 0. The molecule has 1 nitrogen and oxygen atoms in total. The van der Waals surface area contributed by atoms with Gasteiger partial charge in [0.15, 0.2) is 0 Å². The van der Waals surface area contributed by atoms with E-state index in [-0.39, 0.29) is 7.43 Å². The molecule has 0 atom stereocenters. The first-order chi connectivity index (χ1) is 1.91. The van der Waals surface area contributed by atoms with E-state index in [1.807, 2.05) is 0 Å². The molecular weight excluding hydrogens is 64.0 g/mol. The van der Waals surface area contributed by atoms with E-state index < -0.39 is 0 Å². The quantitative estimate of drug-likeness (QED) is 0.434. The number of rotatable bonds is 0. The lowest BCUT2D eigenvalue weighted by Gasteiger charge is -1.53. The van der Waals surface area contributed by atoms with Crippen molar-refractivity contribution < 1.29 is 5.11 Å². The second-order valence-electron chi connectivity index (χ2n) is 0.482. The van der Waals surface area contributed by atoms with Gasteiger partial charge in [-0.1, -0.05) is 13.5 Å². The molecule has 0 aliphatic heterocycles. The summed E-state index contributed by atoms with van der Waals surface area (Å²) in [5, 5.41) is 7.69. The average Bonchev–Trinajstić information content (AvgIpc) is 1.37. The number of hydrogen-bond acceptors (Lipinski definition) is 1. The minimum atomic E-state index is 0. The molecule has 0 radical (unpaired) electrons. The van der Waals surface area contributed by atoms with Crippen molar-refractivity contribution in [3.63, 3.8) is 0 Å². The molecule has 0 aromatic heterocycles. The molecule has 1 N–H and O–H groups in total. The highest BCUT2D eigenvalue weighted by Gasteiger charge is 1.35. The summed E-state index contributed by atoms with van der Waals surface area (Å²) in [6.07, 6.45) is 2.56. The van der Waals surface area contributed by atoms with E-state index in [1.165, 1.54) is 0 Å². The first kappa shape index (κ1) is 8.82. The molecule has 0 rings (SSSR count). The molecule has 0 aliphatic carbocycles. The van der Waals surface area contributed by atoms with Crippen molar-refractivity contribution in [3.8, 4) is 0 Å². The molecule has 0 aromatic rings. The molecule has 0 amide bonds. The van der Waals surface area contributed by atoms with Crippen LogP contribution in [0.25, 0.3) is 0 Å². The first-order valence-electron chi connectivity index (χ1n) is 1.17. The van der Waals surface area contributed by atoms with Crippen molar-refractivity contribution >= 4 is 0 Å². The second-order valence-corrected chi connectivity index (χ2v) is 0.482. The highest BCUT2D eigenvalue weighted by atomic mass is 16.2. The summed E-state index contributed by atoms with van der Waals surface area (Å²) in [6.45, 7) is 1.75. The van der Waals surface area contributed by atoms with Crippen LogP contribution in [0.5, 0.6) is 0 Å². The number of aliphatic hydroxyl groups excluding tert-OH is 1. The van der Waals surface area contributed by atoms with Crippen molar-refractivity contribution in [3.05, 3.63) is 12.3 Å². The molecule has 0 fully saturated rings. The van der Waals surface area contributed by atoms with Gasteiger partial charge in [-0.3, -0.25) is 0 Å². The summed E-state index contributed by atoms with van der Waals surface area (Å²) in [4.78, 5) is 0. The first-order valence-corrected chi connectivity index (χ1v) is 1.17. The van der Waals surface area contributed by atoms with Gasteiger partial charge in [0, 0.05) is 0 Å². The van der Waals surface area contributed by atoms with Crippen molar-refractivity contribution in [1.29, 1.82) is 0 Å². The Hall–Kier alpha value is -0.460. The van der Waals surface area contributed by atoms with E-state index >= 15 is 0 Å². The van der Waals surface area contributed by atoms with Gasteiger partial charge in [-0.25, -0.2) is 0 Å². The third-order valence-electron chi connectivity index (χ3n) is 0.149. The molecule has 1 heteroatoms. The van der Waals surface area contributed by atoms with Gasteiger partial charge in [-0.05, 0) is 6.92 Å². The molecule has 32 valence electrons. The van der Waals surface area contributed by atoms with E-state index in [1.54, 1.807) is 13.0 Å². The lowest BCUT2D eigenvalue weighted by atomic mass is 10.8. The fourth-order valence-electron chi connectivity index (χ4n) is 0. The number of allylic oxidation sites excluding steroid dienone is 1. The zero-order chi connectivity index (χ0) is 3.41. The third kappa shape index (κ3) is 28.8. The van der Waals surface area contributed by atoms with Crippen molar-refractivity contribution in [1.82, 2.24) is 0 Å². The smallest absolute Gasteiger partial charge is 0.0748 e. The van der Waals surface area contributed by atoms with E-state index in [4.69, 9.17) is 5.11 Å². The summed E-state index contributed by atoms with van der Waals surface area (Å²) in [7, 11) is 0. The van der Waals surface area contributed by atoms with Gasteiger partial charge in [0.2, 0.25) is 0 Å². The fraction of sp³-hybridized carbons (Fsp3) is 0.500. The summed E-state index contributed by atoms with van der Waals surface area (Å²) in [5.74, 6) is 0. The van der Waals surface area contributed by atoms with Crippen LogP contribution in [0.3, 0.4) is 0 Å². The monoisotopic (exact) mass is 74.1 g/mol. The van der Waals surface area contributed by atoms with Gasteiger partial charge in [0.1, 0.15) is 0 Å². The maximum absolute atomic E-state index is 7.69. The Bertz CT molecular complexity index is 18.8. The van der Waals surface area contributed by atoms with Crippen LogP contribution in [0.1, 0.15) is 14.4 Å². The van der Waals surface area contributed by atoms with Crippen LogP contribution < -0.4 is 0 Å². The van der Waals surface area contributed by atoms with Crippen LogP contribution in [0.4, 0.5) is 0 Å². The molecule has 0 aliphatic rings. The SMILES string of the molecule is C.CC=CO. The van der Waals surface area contributed by atoms with E-state index in [2.05, 4.69) is 0 Å². The third-order valence-corrected chi connectivity index (χ3v) is 0.149. The van der Waals surface area contributed by atoms with Crippen molar-refractivity contribution in [2.45, 2.75) is 14.4 Å². The zero-order valence-corrected chi connectivity index (χ0v) is 2.60. The molecule has 5 heavy (non-hydrogen) atoms. The minimum absolute atomic E-state index is 0. The average molecular weight is 74.1 g/mol. The highest BCUT2D eigenvalue weighted by molar-refractivity contribution is 4.60. The lowest BCUT2D eigenvalue weighted by Crippen LogP contribution is -1.36. The topological polar surface area (TPSA) is 20.2 Å².